The molecule has 0 radical (unpaired) electrons. The number of anilines is 1. The maximum Gasteiger partial charge on any atom is 0.229 e. The molecule has 1 rings (SSSR count). The van der Waals surface area contributed by atoms with Gasteiger partial charge in [0.15, 0.2) is 5.15 Å². The summed E-state index contributed by atoms with van der Waals surface area (Å²) >= 11 is 5.87. The van der Waals surface area contributed by atoms with Gasteiger partial charge in [-0.2, -0.15) is 0 Å². The minimum absolute atomic E-state index is 0.132. The van der Waals surface area contributed by atoms with Gasteiger partial charge in [-0.25, -0.2) is 4.98 Å². The van der Waals surface area contributed by atoms with Crippen LogP contribution in [0, 0.1) is 5.41 Å². The third-order valence-corrected chi connectivity index (χ3v) is 2.29. The fourth-order valence-corrected chi connectivity index (χ4v) is 1.18. The molecule has 0 spiro atoms. The fourth-order valence-electron chi connectivity index (χ4n) is 0.963. The smallest absolute Gasteiger partial charge is 0.229 e. The third kappa shape index (κ3) is 3.18. The number of hydrogen-bond acceptors (Lipinski definition) is 3. The molecule has 1 aromatic rings. The van der Waals surface area contributed by atoms with Gasteiger partial charge in [-0.3, -0.25) is 4.79 Å². The Morgan fingerprint density at radius 2 is 2.12 bits per heavy atom. The summed E-state index contributed by atoms with van der Waals surface area (Å²) in [7, 11) is 0. The highest BCUT2D eigenvalue weighted by atomic mass is 35.5. The quantitative estimate of drug-likeness (QED) is 0.782. The summed E-state index contributed by atoms with van der Waals surface area (Å²) in [5, 5.41) is 11.7. The molecule has 0 bridgehead atoms. The van der Waals surface area contributed by atoms with Gasteiger partial charge in [0.05, 0.1) is 18.0 Å². The van der Waals surface area contributed by atoms with Gasteiger partial charge in [0.2, 0.25) is 5.91 Å². The molecule has 1 aromatic heterocycles. The van der Waals surface area contributed by atoms with Crippen molar-refractivity contribution in [1.82, 2.24) is 4.98 Å². The number of carbonyl (C=O) groups is 1. The van der Waals surface area contributed by atoms with Crippen molar-refractivity contribution in [2.24, 2.45) is 5.41 Å². The fraction of sp³-hybridized carbons (Fsp3) is 0.455. The summed E-state index contributed by atoms with van der Waals surface area (Å²) in [6.45, 7) is 5.26. The molecule has 0 atom stereocenters. The first kappa shape index (κ1) is 12.9. The maximum atomic E-state index is 11.7. The lowest BCUT2D eigenvalue weighted by Gasteiger charge is -2.18. The van der Waals surface area contributed by atoms with E-state index in [2.05, 4.69) is 10.3 Å². The van der Waals surface area contributed by atoms with Crippen LogP contribution in [0.5, 0.6) is 0 Å². The molecule has 4 nitrogen and oxygen atoms in total. The Balaban J connectivity index is 2.87. The van der Waals surface area contributed by atoms with Crippen LogP contribution in [0.3, 0.4) is 0 Å². The van der Waals surface area contributed by atoms with Crippen molar-refractivity contribution in [1.29, 1.82) is 0 Å². The zero-order valence-corrected chi connectivity index (χ0v) is 10.3. The highest BCUT2D eigenvalue weighted by Crippen LogP contribution is 2.23. The lowest BCUT2D eigenvalue weighted by molar-refractivity contribution is -0.123. The van der Waals surface area contributed by atoms with Crippen LogP contribution < -0.4 is 5.32 Å². The van der Waals surface area contributed by atoms with Crippen LogP contribution >= 0.6 is 11.6 Å². The molecule has 1 heterocycles. The van der Waals surface area contributed by atoms with Gasteiger partial charge in [-0.15, -0.1) is 0 Å². The molecule has 0 aromatic carbocycles. The zero-order chi connectivity index (χ0) is 12.3. The van der Waals surface area contributed by atoms with Crippen LogP contribution in [0.25, 0.3) is 0 Å². The number of nitrogens with zero attached hydrogens (tertiary/aromatic N) is 1. The normalized spacial score (nSPS) is 11.3. The number of aliphatic hydroxyl groups excluding tert-OH is 1. The largest absolute Gasteiger partial charge is 0.390 e. The van der Waals surface area contributed by atoms with Crippen molar-refractivity contribution in [2.75, 3.05) is 5.32 Å². The highest BCUT2D eigenvalue weighted by molar-refractivity contribution is 6.32. The average molecular weight is 243 g/mol. The molecule has 0 aliphatic carbocycles. The van der Waals surface area contributed by atoms with Crippen LogP contribution in [0.1, 0.15) is 26.5 Å². The third-order valence-electron chi connectivity index (χ3n) is 2.00. The molecule has 0 saturated heterocycles. The predicted molar refractivity (Wildman–Crippen MR) is 63.3 cm³/mol. The van der Waals surface area contributed by atoms with E-state index in [0.29, 0.717) is 11.4 Å². The number of nitrogens with one attached hydrogen (secondary N) is 1. The van der Waals surface area contributed by atoms with Crippen molar-refractivity contribution in [2.45, 2.75) is 27.4 Å². The highest BCUT2D eigenvalue weighted by Gasteiger charge is 2.22. The second-order valence-electron chi connectivity index (χ2n) is 4.50. The van der Waals surface area contributed by atoms with Crippen LogP contribution in [0.2, 0.25) is 5.15 Å². The summed E-state index contributed by atoms with van der Waals surface area (Å²) in [5.41, 5.74) is 0.441. The van der Waals surface area contributed by atoms with E-state index in [0.717, 1.165) is 0 Å². The molecule has 1 amide bonds. The van der Waals surface area contributed by atoms with Crippen LogP contribution in [0.15, 0.2) is 12.1 Å². The number of carbonyl (C=O) groups excluding carboxylic acids is 1. The van der Waals surface area contributed by atoms with E-state index in [1.165, 1.54) is 0 Å². The van der Waals surface area contributed by atoms with Gasteiger partial charge >= 0.3 is 0 Å². The molecule has 0 aliphatic rings. The molecule has 0 unspecified atom stereocenters. The molecule has 5 heteroatoms. The summed E-state index contributed by atoms with van der Waals surface area (Å²) in [6, 6.07) is 3.24. The van der Waals surface area contributed by atoms with Gasteiger partial charge in [-0.1, -0.05) is 32.4 Å². The predicted octanol–water partition coefficient (Wildman–Crippen LogP) is 2.21. The van der Waals surface area contributed by atoms with Gasteiger partial charge in [0, 0.05) is 5.41 Å². The van der Waals surface area contributed by atoms with E-state index in [1.54, 1.807) is 12.1 Å². The Morgan fingerprint density at radius 1 is 1.50 bits per heavy atom. The molecule has 0 fully saturated rings. The SMILES string of the molecule is CC(C)(C)C(=O)Nc1ccc(CO)nc1Cl. The molecular weight excluding hydrogens is 228 g/mol. The number of hydrogen-bond donors (Lipinski definition) is 2. The number of rotatable bonds is 2. The standard InChI is InChI=1S/C11H15ClN2O2/c1-11(2,3)10(16)14-8-5-4-7(6-15)13-9(8)12/h4-5,15H,6H2,1-3H3,(H,14,16). The Bertz CT molecular complexity index is 399. The van der Waals surface area contributed by atoms with E-state index in [-0.39, 0.29) is 17.7 Å². The second kappa shape index (κ2) is 4.80. The van der Waals surface area contributed by atoms with E-state index < -0.39 is 5.41 Å². The van der Waals surface area contributed by atoms with Crippen molar-refractivity contribution in [3.8, 4) is 0 Å². The van der Waals surface area contributed by atoms with E-state index >= 15 is 0 Å². The van der Waals surface area contributed by atoms with Crippen LogP contribution in [0.4, 0.5) is 5.69 Å². The molecule has 2 N–H and O–H groups in total. The van der Waals surface area contributed by atoms with Gasteiger partial charge in [0.25, 0.3) is 0 Å². The van der Waals surface area contributed by atoms with Crippen molar-refractivity contribution < 1.29 is 9.90 Å². The topological polar surface area (TPSA) is 62.2 Å². The molecule has 0 aliphatic heterocycles. The van der Waals surface area contributed by atoms with E-state index in [9.17, 15) is 4.79 Å². The van der Waals surface area contributed by atoms with Gasteiger partial charge in [-0.05, 0) is 12.1 Å². The van der Waals surface area contributed by atoms with Crippen LogP contribution in [-0.2, 0) is 11.4 Å². The monoisotopic (exact) mass is 242 g/mol. The van der Waals surface area contributed by atoms with E-state index in [4.69, 9.17) is 16.7 Å². The summed E-state index contributed by atoms with van der Waals surface area (Å²) in [5.74, 6) is -0.132. The summed E-state index contributed by atoms with van der Waals surface area (Å²) in [6.07, 6.45) is 0. The number of amides is 1. The minimum Gasteiger partial charge on any atom is -0.390 e. The lowest BCUT2D eigenvalue weighted by Crippen LogP contribution is -2.27. The number of aliphatic hydroxyl groups is 1. The van der Waals surface area contributed by atoms with Crippen molar-refractivity contribution in [3.63, 3.8) is 0 Å². The molecule has 0 saturated carbocycles. The summed E-state index contributed by atoms with van der Waals surface area (Å²) < 4.78 is 0. The minimum atomic E-state index is -0.487. The van der Waals surface area contributed by atoms with Gasteiger partial charge in [0.1, 0.15) is 0 Å². The number of aromatic nitrogens is 1. The maximum absolute atomic E-state index is 11.7. The Kier molecular flexibility index (Phi) is 3.88. The first-order valence-corrected chi connectivity index (χ1v) is 5.30. The number of halogens is 1. The second-order valence-corrected chi connectivity index (χ2v) is 4.86. The summed E-state index contributed by atoms with van der Waals surface area (Å²) in [4.78, 5) is 15.6. The Hall–Kier alpha value is -1.13. The first-order valence-electron chi connectivity index (χ1n) is 4.92. The van der Waals surface area contributed by atoms with Crippen molar-refractivity contribution in [3.05, 3.63) is 23.0 Å². The Morgan fingerprint density at radius 3 is 2.56 bits per heavy atom. The van der Waals surface area contributed by atoms with E-state index in [1.807, 2.05) is 20.8 Å². The van der Waals surface area contributed by atoms with Crippen LogP contribution in [-0.4, -0.2) is 16.0 Å². The molecule has 88 valence electrons. The van der Waals surface area contributed by atoms with Crippen molar-refractivity contribution >= 4 is 23.2 Å². The molecular formula is C11H15ClN2O2. The number of pyridine rings is 1. The average Bonchev–Trinajstić information content (AvgIpc) is 2.19. The lowest BCUT2D eigenvalue weighted by atomic mass is 9.95. The Labute approximate surface area is 99.6 Å². The first-order chi connectivity index (χ1) is 7.34. The molecule has 16 heavy (non-hydrogen) atoms. The van der Waals surface area contributed by atoms with Gasteiger partial charge < -0.3 is 10.4 Å². The zero-order valence-electron chi connectivity index (χ0n) is 9.54.